The molecule has 0 bridgehead atoms. The molecule has 0 radical (unpaired) electrons. The zero-order valence-electron chi connectivity index (χ0n) is 10.9. The molecule has 1 fully saturated rings. The first-order valence-electron chi connectivity index (χ1n) is 6.55. The minimum atomic E-state index is -0.475. The summed E-state index contributed by atoms with van der Waals surface area (Å²) in [4.78, 5) is 12.6. The van der Waals surface area contributed by atoms with Crippen LogP contribution in [0.15, 0.2) is 16.8 Å². The molecule has 106 valence electrons. The molecule has 0 saturated carbocycles. The highest BCUT2D eigenvalue weighted by Gasteiger charge is 2.25. The number of nitro groups is 1. The van der Waals surface area contributed by atoms with Crippen molar-refractivity contribution < 1.29 is 9.55 Å². The van der Waals surface area contributed by atoms with Gasteiger partial charge in [-0.2, -0.15) is 0 Å². The highest BCUT2D eigenvalue weighted by Crippen LogP contribution is 2.33. The quantitative estimate of drug-likeness (QED) is 0.664. The molecule has 0 aliphatic carbocycles. The number of fused-ring (bicyclic) bond motifs is 1. The van der Waals surface area contributed by atoms with E-state index in [2.05, 4.69) is 19.8 Å². The second-order valence-corrected chi connectivity index (χ2v) is 4.99. The number of nitrogens with two attached hydrogens (primary N) is 1. The van der Waals surface area contributed by atoms with E-state index in [9.17, 15) is 10.1 Å². The van der Waals surface area contributed by atoms with Crippen molar-refractivity contribution in [3.05, 3.63) is 22.2 Å². The molecular formula is C12H15N5O3. The molecule has 1 aromatic heterocycles. The molecule has 1 aliphatic rings. The SMILES string of the molecule is NCC1CCN(c2ccc([N+](=O)[O-])c3nonc23)CC1. The van der Waals surface area contributed by atoms with Gasteiger partial charge in [0.25, 0.3) is 0 Å². The number of hydrogen-bond acceptors (Lipinski definition) is 7. The first-order valence-corrected chi connectivity index (χ1v) is 6.55. The number of hydrogen-bond donors (Lipinski definition) is 1. The van der Waals surface area contributed by atoms with Crippen molar-refractivity contribution in [2.24, 2.45) is 11.7 Å². The Hall–Kier alpha value is -2.22. The van der Waals surface area contributed by atoms with E-state index >= 15 is 0 Å². The molecule has 1 saturated heterocycles. The summed E-state index contributed by atoms with van der Waals surface area (Å²) in [6.45, 7) is 2.43. The number of nitrogens with zero attached hydrogens (tertiary/aromatic N) is 4. The molecular weight excluding hydrogens is 262 g/mol. The van der Waals surface area contributed by atoms with Crippen molar-refractivity contribution in [3.8, 4) is 0 Å². The molecule has 1 aromatic carbocycles. The molecule has 0 unspecified atom stereocenters. The third kappa shape index (κ3) is 2.07. The van der Waals surface area contributed by atoms with Crippen LogP contribution in [0.3, 0.4) is 0 Å². The van der Waals surface area contributed by atoms with E-state index in [1.807, 2.05) is 0 Å². The topological polar surface area (TPSA) is 111 Å². The maximum Gasteiger partial charge on any atom is 0.300 e. The lowest BCUT2D eigenvalue weighted by Crippen LogP contribution is -2.36. The number of aromatic nitrogens is 2. The summed E-state index contributed by atoms with van der Waals surface area (Å²) in [5.74, 6) is 0.551. The maximum absolute atomic E-state index is 11.0. The second-order valence-electron chi connectivity index (χ2n) is 4.99. The number of anilines is 1. The van der Waals surface area contributed by atoms with Crippen molar-refractivity contribution in [1.29, 1.82) is 0 Å². The van der Waals surface area contributed by atoms with Gasteiger partial charge in [0.15, 0.2) is 5.52 Å². The zero-order chi connectivity index (χ0) is 14.1. The van der Waals surface area contributed by atoms with E-state index in [4.69, 9.17) is 5.73 Å². The van der Waals surface area contributed by atoms with Gasteiger partial charge >= 0.3 is 5.69 Å². The molecule has 0 amide bonds. The van der Waals surface area contributed by atoms with Crippen molar-refractivity contribution in [2.45, 2.75) is 12.8 Å². The van der Waals surface area contributed by atoms with Crippen LogP contribution in [-0.2, 0) is 0 Å². The van der Waals surface area contributed by atoms with Crippen molar-refractivity contribution in [2.75, 3.05) is 24.5 Å². The Morgan fingerprint density at radius 3 is 2.70 bits per heavy atom. The lowest BCUT2D eigenvalue weighted by molar-refractivity contribution is -0.383. The fraction of sp³-hybridized carbons (Fsp3) is 0.500. The summed E-state index contributed by atoms with van der Waals surface area (Å²) in [6, 6.07) is 3.17. The first-order chi connectivity index (χ1) is 9.70. The Bertz CT molecular complexity index is 633. The van der Waals surface area contributed by atoms with Gasteiger partial charge in [0.05, 0.1) is 10.6 Å². The summed E-state index contributed by atoms with van der Waals surface area (Å²) in [7, 11) is 0. The van der Waals surface area contributed by atoms with Gasteiger partial charge in [-0.25, -0.2) is 4.63 Å². The summed E-state index contributed by atoms with van der Waals surface area (Å²) in [5, 5.41) is 18.4. The smallest absolute Gasteiger partial charge is 0.300 e. The molecule has 0 spiro atoms. The van der Waals surface area contributed by atoms with Gasteiger partial charge in [-0.15, -0.1) is 0 Å². The Balaban J connectivity index is 1.95. The molecule has 8 heteroatoms. The van der Waals surface area contributed by atoms with Crippen molar-refractivity contribution >= 4 is 22.4 Å². The average Bonchev–Trinajstić information content (AvgIpc) is 2.95. The summed E-state index contributed by atoms with van der Waals surface area (Å²) in [5.41, 5.74) is 7.09. The van der Waals surface area contributed by atoms with Crippen LogP contribution < -0.4 is 10.6 Å². The molecule has 1 aliphatic heterocycles. The number of nitro benzene ring substituents is 1. The van der Waals surface area contributed by atoms with Gasteiger partial charge in [0.1, 0.15) is 0 Å². The fourth-order valence-electron chi connectivity index (χ4n) is 2.65. The third-order valence-electron chi connectivity index (χ3n) is 3.86. The fourth-order valence-corrected chi connectivity index (χ4v) is 2.65. The van der Waals surface area contributed by atoms with Crippen LogP contribution in [0.1, 0.15) is 12.8 Å². The zero-order valence-corrected chi connectivity index (χ0v) is 10.9. The lowest BCUT2D eigenvalue weighted by atomic mass is 9.96. The van der Waals surface area contributed by atoms with E-state index < -0.39 is 4.92 Å². The number of non-ortho nitro benzene ring substituents is 1. The van der Waals surface area contributed by atoms with Crippen LogP contribution in [0, 0.1) is 16.0 Å². The standard InChI is InChI=1S/C12H15N5O3/c13-7-8-3-5-16(6-4-8)9-1-2-10(17(18)19)12-11(9)14-20-15-12/h1-2,8H,3-7,13H2. The van der Waals surface area contributed by atoms with Gasteiger partial charge in [-0.05, 0) is 41.7 Å². The number of rotatable bonds is 3. The van der Waals surface area contributed by atoms with Gasteiger partial charge in [-0.1, -0.05) is 0 Å². The van der Waals surface area contributed by atoms with E-state index in [0.717, 1.165) is 31.6 Å². The molecule has 8 nitrogen and oxygen atoms in total. The molecule has 2 aromatic rings. The molecule has 20 heavy (non-hydrogen) atoms. The van der Waals surface area contributed by atoms with Gasteiger partial charge < -0.3 is 10.6 Å². The third-order valence-corrected chi connectivity index (χ3v) is 3.86. The van der Waals surface area contributed by atoms with Crippen LogP contribution in [0.5, 0.6) is 0 Å². The molecule has 2 N–H and O–H groups in total. The Morgan fingerprint density at radius 1 is 1.35 bits per heavy atom. The van der Waals surface area contributed by atoms with E-state index in [1.54, 1.807) is 6.07 Å². The number of piperidine rings is 1. The lowest BCUT2D eigenvalue weighted by Gasteiger charge is -2.32. The largest absolute Gasteiger partial charge is 0.370 e. The van der Waals surface area contributed by atoms with Crippen LogP contribution in [0.25, 0.3) is 11.0 Å². The first kappa shape index (κ1) is 12.8. The normalized spacial score (nSPS) is 16.8. The predicted octanol–water partition coefficient (Wildman–Crippen LogP) is 1.31. The summed E-state index contributed by atoms with van der Waals surface area (Å²) in [6.07, 6.45) is 2.03. The minimum Gasteiger partial charge on any atom is -0.370 e. The van der Waals surface area contributed by atoms with Gasteiger partial charge in [0.2, 0.25) is 5.52 Å². The van der Waals surface area contributed by atoms with Crippen LogP contribution in [0.2, 0.25) is 0 Å². The highest BCUT2D eigenvalue weighted by molar-refractivity contribution is 5.93. The average molecular weight is 277 g/mol. The van der Waals surface area contributed by atoms with Gasteiger partial charge in [-0.3, -0.25) is 10.1 Å². The van der Waals surface area contributed by atoms with Crippen LogP contribution in [-0.4, -0.2) is 34.9 Å². The maximum atomic E-state index is 11.0. The van der Waals surface area contributed by atoms with Gasteiger partial charge in [0, 0.05) is 19.2 Å². The Kier molecular flexibility index (Phi) is 3.23. The van der Waals surface area contributed by atoms with Crippen LogP contribution >= 0.6 is 0 Å². The van der Waals surface area contributed by atoms with Crippen LogP contribution in [0.4, 0.5) is 11.4 Å². The summed E-state index contributed by atoms with van der Waals surface area (Å²) < 4.78 is 4.68. The molecule has 0 atom stereocenters. The van der Waals surface area contributed by atoms with Crippen molar-refractivity contribution in [1.82, 2.24) is 10.3 Å². The minimum absolute atomic E-state index is 0.0816. The monoisotopic (exact) mass is 277 g/mol. The van der Waals surface area contributed by atoms with E-state index in [0.29, 0.717) is 18.0 Å². The second kappa shape index (κ2) is 5.04. The van der Waals surface area contributed by atoms with E-state index in [1.165, 1.54) is 6.07 Å². The number of benzene rings is 1. The van der Waals surface area contributed by atoms with Crippen molar-refractivity contribution in [3.63, 3.8) is 0 Å². The Labute approximate surface area is 114 Å². The summed E-state index contributed by atoms with van der Waals surface area (Å²) >= 11 is 0. The predicted molar refractivity (Wildman–Crippen MR) is 72.4 cm³/mol. The Morgan fingerprint density at radius 2 is 2.05 bits per heavy atom. The highest BCUT2D eigenvalue weighted by atomic mass is 16.6. The molecule has 3 rings (SSSR count). The van der Waals surface area contributed by atoms with E-state index in [-0.39, 0.29) is 11.2 Å². The molecule has 2 heterocycles.